The molecule has 6 nitrogen and oxygen atoms in total. The van der Waals surface area contributed by atoms with Crippen molar-refractivity contribution in [3.05, 3.63) is 33.9 Å². The number of amides is 1. The molecule has 1 aromatic rings. The third kappa shape index (κ3) is 4.93. The van der Waals surface area contributed by atoms with Crippen LogP contribution in [-0.4, -0.2) is 23.9 Å². The zero-order valence-corrected chi connectivity index (χ0v) is 11.2. The number of nitrogens with one attached hydrogen (secondary N) is 2. The Morgan fingerprint density at radius 3 is 2.57 bits per heavy atom. The van der Waals surface area contributed by atoms with Gasteiger partial charge >= 0.3 is 6.18 Å². The second-order valence-electron chi connectivity index (χ2n) is 4.19. The van der Waals surface area contributed by atoms with Gasteiger partial charge in [-0.2, -0.15) is 13.2 Å². The molecule has 9 heteroatoms. The molecule has 0 heterocycles. The van der Waals surface area contributed by atoms with Crippen LogP contribution in [0, 0.1) is 10.1 Å². The van der Waals surface area contributed by atoms with E-state index in [-0.39, 0.29) is 12.2 Å². The standard InChI is InChI=1S/C12H14F3N3O3/c1-2-5-16-11(19)7-17-9-4-3-8(12(13,14)15)6-10(9)18(20)21/h3-4,6,17H,2,5,7H2,1H3,(H,16,19). The molecule has 0 unspecified atom stereocenters. The number of alkyl halides is 3. The fraction of sp³-hybridized carbons (Fsp3) is 0.417. The highest BCUT2D eigenvalue weighted by atomic mass is 19.4. The van der Waals surface area contributed by atoms with Gasteiger partial charge < -0.3 is 10.6 Å². The van der Waals surface area contributed by atoms with Crippen LogP contribution >= 0.6 is 0 Å². The molecule has 116 valence electrons. The van der Waals surface area contributed by atoms with E-state index in [1.54, 1.807) is 0 Å². The van der Waals surface area contributed by atoms with Crippen molar-refractivity contribution in [1.29, 1.82) is 0 Å². The van der Waals surface area contributed by atoms with Crippen molar-refractivity contribution in [1.82, 2.24) is 5.32 Å². The summed E-state index contributed by atoms with van der Waals surface area (Å²) in [5.41, 5.74) is -1.98. The van der Waals surface area contributed by atoms with Crippen molar-refractivity contribution in [3.63, 3.8) is 0 Å². The molecule has 0 saturated heterocycles. The van der Waals surface area contributed by atoms with Crippen molar-refractivity contribution >= 4 is 17.3 Å². The number of benzene rings is 1. The molecule has 0 aliphatic carbocycles. The Balaban J connectivity index is 2.87. The van der Waals surface area contributed by atoms with E-state index in [9.17, 15) is 28.1 Å². The number of halogens is 3. The molecule has 1 rings (SSSR count). The summed E-state index contributed by atoms with van der Waals surface area (Å²) >= 11 is 0. The number of carbonyl (C=O) groups excluding carboxylic acids is 1. The van der Waals surface area contributed by atoms with E-state index in [0.29, 0.717) is 12.6 Å². The number of carbonyl (C=O) groups is 1. The van der Waals surface area contributed by atoms with Crippen LogP contribution in [0.2, 0.25) is 0 Å². The molecular formula is C12H14F3N3O3. The summed E-state index contributed by atoms with van der Waals surface area (Å²) in [7, 11) is 0. The Hall–Kier alpha value is -2.32. The number of rotatable bonds is 6. The SMILES string of the molecule is CCCNC(=O)CNc1ccc(C(F)(F)F)cc1[N+](=O)[O-]. The van der Waals surface area contributed by atoms with Crippen LogP contribution in [-0.2, 0) is 11.0 Å². The summed E-state index contributed by atoms with van der Waals surface area (Å²) in [6, 6.07) is 2.10. The van der Waals surface area contributed by atoms with Gasteiger partial charge in [-0.1, -0.05) is 6.92 Å². The minimum atomic E-state index is -4.66. The minimum absolute atomic E-state index is 0.139. The molecule has 1 aromatic carbocycles. The molecular weight excluding hydrogens is 291 g/mol. The van der Waals surface area contributed by atoms with Crippen LogP contribution in [0.15, 0.2) is 18.2 Å². The van der Waals surface area contributed by atoms with E-state index in [1.165, 1.54) is 0 Å². The van der Waals surface area contributed by atoms with Gasteiger partial charge in [0.2, 0.25) is 5.91 Å². The summed E-state index contributed by atoms with van der Waals surface area (Å²) < 4.78 is 37.5. The van der Waals surface area contributed by atoms with Gasteiger partial charge in [0.1, 0.15) is 5.69 Å². The molecule has 0 saturated carbocycles. The first-order valence-electron chi connectivity index (χ1n) is 6.12. The highest BCUT2D eigenvalue weighted by Gasteiger charge is 2.33. The Kier molecular flexibility index (Phi) is 5.51. The Morgan fingerprint density at radius 1 is 1.38 bits per heavy atom. The second kappa shape index (κ2) is 6.91. The molecule has 0 aromatic heterocycles. The van der Waals surface area contributed by atoms with Gasteiger partial charge in [0.25, 0.3) is 5.69 Å². The normalized spacial score (nSPS) is 11.0. The predicted octanol–water partition coefficient (Wildman–Crippen LogP) is 2.55. The number of anilines is 1. The molecule has 0 spiro atoms. The molecule has 0 bridgehead atoms. The maximum absolute atomic E-state index is 12.5. The maximum Gasteiger partial charge on any atom is 0.416 e. The molecule has 0 atom stereocenters. The van der Waals surface area contributed by atoms with E-state index >= 15 is 0 Å². The summed E-state index contributed by atoms with van der Waals surface area (Å²) in [6.07, 6.45) is -3.94. The lowest BCUT2D eigenvalue weighted by molar-refractivity contribution is -0.384. The van der Waals surface area contributed by atoms with Gasteiger partial charge in [-0.3, -0.25) is 14.9 Å². The molecule has 1 amide bonds. The Bertz CT molecular complexity index is 532. The molecule has 0 aliphatic heterocycles. The number of nitrogens with zero attached hydrogens (tertiary/aromatic N) is 1. The summed E-state index contributed by atoms with van der Waals surface area (Å²) in [5, 5.41) is 15.8. The van der Waals surface area contributed by atoms with Crippen LogP contribution in [0.1, 0.15) is 18.9 Å². The monoisotopic (exact) mass is 305 g/mol. The number of hydrogen-bond donors (Lipinski definition) is 2. The van der Waals surface area contributed by atoms with Crippen molar-refractivity contribution in [2.45, 2.75) is 19.5 Å². The van der Waals surface area contributed by atoms with Gasteiger partial charge in [-0.25, -0.2) is 0 Å². The molecule has 21 heavy (non-hydrogen) atoms. The van der Waals surface area contributed by atoms with Crippen LogP contribution in [0.25, 0.3) is 0 Å². The molecule has 0 radical (unpaired) electrons. The highest BCUT2D eigenvalue weighted by Crippen LogP contribution is 2.34. The lowest BCUT2D eigenvalue weighted by Crippen LogP contribution is -2.30. The fourth-order valence-corrected chi connectivity index (χ4v) is 1.51. The lowest BCUT2D eigenvalue weighted by Gasteiger charge is -2.10. The molecule has 2 N–H and O–H groups in total. The first-order chi connectivity index (χ1) is 9.75. The van der Waals surface area contributed by atoms with E-state index in [1.807, 2.05) is 6.92 Å². The predicted molar refractivity (Wildman–Crippen MR) is 69.9 cm³/mol. The zero-order valence-electron chi connectivity index (χ0n) is 11.2. The van der Waals surface area contributed by atoms with Gasteiger partial charge in [0.05, 0.1) is 17.0 Å². The van der Waals surface area contributed by atoms with Crippen LogP contribution < -0.4 is 10.6 Å². The Labute approximate surface area is 118 Å². The lowest BCUT2D eigenvalue weighted by atomic mass is 10.1. The van der Waals surface area contributed by atoms with Crippen molar-refractivity contribution in [3.8, 4) is 0 Å². The van der Waals surface area contributed by atoms with Gasteiger partial charge in [-0.15, -0.1) is 0 Å². The number of nitro groups is 1. The summed E-state index contributed by atoms with van der Waals surface area (Å²) in [6.45, 7) is 2.05. The topological polar surface area (TPSA) is 84.3 Å². The largest absolute Gasteiger partial charge is 0.416 e. The van der Waals surface area contributed by atoms with Crippen LogP contribution in [0.4, 0.5) is 24.5 Å². The third-order valence-electron chi connectivity index (χ3n) is 2.53. The van der Waals surface area contributed by atoms with Crippen molar-refractivity contribution < 1.29 is 22.9 Å². The van der Waals surface area contributed by atoms with Crippen molar-refractivity contribution in [2.75, 3.05) is 18.4 Å². The third-order valence-corrected chi connectivity index (χ3v) is 2.53. The fourth-order valence-electron chi connectivity index (χ4n) is 1.51. The van der Waals surface area contributed by atoms with Crippen LogP contribution in [0.5, 0.6) is 0 Å². The smallest absolute Gasteiger partial charge is 0.371 e. The number of hydrogen-bond acceptors (Lipinski definition) is 4. The van der Waals surface area contributed by atoms with Crippen LogP contribution in [0.3, 0.4) is 0 Å². The molecule has 0 fully saturated rings. The average molecular weight is 305 g/mol. The van der Waals surface area contributed by atoms with E-state index in [4.69, 9.17) is 0 Å². The summed E-state index contributed by atoms with van der Waals surface area (Å²) in [4.78, 5) is 21.2. The first-order valence-corrected chi connectivity index (χ1v) is 6.12. The second-order valence-corrected chi connectivity index (χ2v) is 4.19. The van der Waals surface area contributed by atoms with Gasteiger partial charge in [0.15, 0.2) is 0 Å². The average Bonchev–Trinajstić information content (AvgIpc) is 2.41. The molecule has 0 aliphatic rings. The zero-order chi connectivity index (χ0) is 16.0. The number of nitro benzene ring substituents is 1. The van der Waals surface area contributed by atoms with E-state index in [2.05, 4.69) is 10.6 Å². The van der Waals surface area contributed by atoms with Crippen molar-refractivity contribution in [2.24, 2.45) is 0 Å². The van der Waals surface area contributed by atoms with E-state index in [0.717, 1.165) is 18.6 Å². The van der Waals surface area contributed by atoms with Gasteiger partial charge in [0, 0.05) is 12.6 Å². The Morgan fingerprint density at radius 2 is 2.05 bits per heavy atom. The maximum atomic E-state index is 12.5. The minimum Gasteiger partial charge on any atom is -0.371 e. The van der Waals surface area contributed by atoms with E-state index < -0.39 is 28.3 Å². The quantitative estimate of drug-likeness (QED) is 0.625. The highest BCUT2D eigenvalue weighted by molar-refractivity contribution is 5.81. The first kappa shape index (κ1) is 16.7. The summed E-state index contributed by atoms with van der Waals surface area (Å²) in [5.74, 6) is -0.397. The van der Waals surface area contributed by atoms with Gasteiger partial charge in [-0.05, 0) is 18.6 Å².